The lowest BCUT2D eigenvalue weighted by Crippen LogP contribution is -2.37. The first-order valence-corrected chi connectivity index (χ1v) is 6.49. The van der Waals surface area contributed by atoms with Crippen LogP contribution in [0.2, 0.25) is 0 Å². The van der Waals surface area contributed by atoms with Gasteiger partial charge in [-0.2, -0.15) is 0 Å². The Kier molecular flexibility index (Phi) is 10.4. The van der Waals surface area contributed by atoms with Crippen LogP contribution < -0.4 is 16.4 Å². The van der Waals surface area contributed by atoms with Gasteiger partial charge in [-0.05, 0) is 24.9 Å². The number of nitrogens with two attached hydrogens (primary N) is 1. The molecule has 0 spiro atoms. The van der Waals surface area contributed by atoms with Crippen LogP contribution in [0.3, 0.4) is 0 Å². The average Bonchev–Trinajstić information content (AvgIpc) is 2.42. The summed E-state index contributed by atoms with van der Waals surface area (Å²) in [5, 5.41) is 5.32. The van der Waals surface area contributed by atoms with Crippen molar-refractivity contribution in [3.8, 4) is 0 Å². The molecule has 0 aliphatic rings. The number of benzene rings is 1. The number of rotatable bonds is 8. The Morgan fingerprint density at radius 3 is 2.35 bits per heavy atom. The maximum Gasteiger partial charge on any atom is 0.239 e. The van der Waals surface area contributed by atoms with Crippen LogP contribution >= 0.6 is 12.4 Å². The predicted molar refractivity (Wildman–Crippen MR) is 81.7 cm³/mol. The lowest BCUT2D eigenvalue weighted by atomic mass is 10.1. The van der Waals surface area contributed by atoms with Crippen LogP contribution in [-0.2, 0) is 16.0 Å². The topological polar surface area (TPSA) is 84.2 Å². The molecule has 0 atom stereocenters. The van der Waals surface area contributed by atoms with Crippen LogP contribution in [0, 0.1) is 0 Å². The molecule has 0 bridgehead atoms. The maximum absolute atomic E-state index is 11.6. The molecule has 1 aromatic rings. The molecule has 1 aromatic carbocycles. The van der Waals surface area contributed by atoms with Crippen molar-refractivity contribution in [2.75, 3.05) is 19.6 Å². The fraction of sp³-hybridized carbons (Fsp3) is 0.429. The summed E-state index contributed by atoms with van der Waals surface area (Å²) in [6.07, 6.45) is 2.04. The largest absolute Gasteiger partial charge is 0.355 e. The minimum absolute atomic E-state index is 0. The molecule has 20 heavy (non-hydrogen) atoms. The van der Waals surface area contributed by atoms with Gasteiger partial charge >= 0.3 is 0 Å². The highest BCUT2D eigenvalue weighted by Gasteiger charge is 2.05. The SMILES string of the molecule is Cl.NCCCCNC(=O)CNC(=O)Cc1ccccc1. The van der Waals surface area contributed by atoms with Crippen molar-refractivity contribution in [3.05, 3.63) is 35.9 Å². The number of nitrogens with one attached hydrogen (secondary N) is 2. The molecule has 5 nitrogen and oxygen atoms in total. The highest BCUT2D eigenvalue weighted by atomic mass is 35.5. The van der Waals surface area contributed by atoms with Gasteiger partial charge in [-0.3, -0.25) is 9.59 Å². The van der Waals surface area contributed by atoms with Crippen LogP contribution in [0.25, 0.3) is 0 Å². The minimum atomic E-state index is -0.168. The highest BCUT2D eigenvalue weighted by molar-refractivity contribution is 5.85. The molecule has 1 rings (SSSR count). The second-order valence-electron chi connectivity index (χ2n) is 4.28. The van der Waals surface area contributed by atoms with E-state index in [-0.39, 0.29) is 30.8 Å². The third-order valence-electron chi connectivity index (χ3n) is 2.61. The maximum atomic E-state index is 11.6. The second kappa shape index (κ2) is 11.3. The van der Waals surface area contributed by atoms with Gasteiger partial charge < -0.3 is 16.4 Å². The quantitative estimate of drug-likeness (QED) is 0.615. The third-order valence-corrected chi connectivity index (χ3v) is 2.61. The van der Waals surface area contributed by atoms with E-state index in [0.29, 0.717) is 19.5 Å². The molecule has 0 aliphatic carbocycles. The van der Waals surface area contributed by atoms with Crippen molar-refractivity contribution < 1.29 is 9.59 Å². The molecule has 0 unspecified atom stereocenters. The van der Waals surface area contributed by atoms with Gasteiger partial charge in [0.1, 0.15) is 0 Å². The molecule has 0 fully saturated rings. The van der Waals surface area contributed by atoms with Crippen LogP contribution in [0.5, 0.6) is 0 Å². The number of hydrogen-bond acceptors (Lipinski definition) is 3. The van der Waals surface area contributed by atoms with Gasteiger partial charge in [-0.25, -0.2) is 0 Å². The fourth-order valence-electron chi connectivity index (χ4n) is 1.58. The number of amides is 2. The molecule has 0 aliphatic heterocycles. The Bertz CT molecular complexity index is 399. The summed E-state index contributed by atoms with van der Waals surface area (Å²) in [5.74, 6) is -0.318. The molecule has 0 saturated carbocycles. The Morgan fingerprint density at radius 2 is 1.70 bits per heavy atom. The highest BCUT2D eigenvalue weighted by Crippen LogP contribution is 1.98. The van der Waals surface area contributed by atoms with Crippen molar-refractivity contribution in [2.24, 2.45) is 5.73 Å². The second-order valence-corrected chi connectivity index (χ2v) is 4.28. The number of carbonyl (C=O) groups is 2. The molecular formula is C14H22ClN3O2. The van der Waals surface area contributed by atoms with Gasteiger partial charge in [0, 0.05) is 6.54 Å². The van der Waals surface area contributed by atoms with Gasteiger partial charge in [0.25, 0.3) is 0 Å². The number of halogens is 1. The Balaban J connectivity index is 0.00000361. The first-order valence-electron chi connectivity index (χ1n) is 6.49. The van der Waals surface area contributed by atoms with Crippen molar-refractivity contribution in [1.29, 1.82) is 0 Å². The molecule has 0 radical (unpaired) electrons. The van der Waals surface area contributed by atoms with Gasteiger partial charge in [-0.1, -0.05) is 30.3 Å². The lowest BCUT2D eigenvalue weighted by Gasteiger charge is -2.06. The zero-order valence-corrected chi connectivity index (χ0v) is 12.2. The van der Waals surface area contributed by atoms with E-state index in [1.54, 1.807) is 0 Å². The molecule has 0 heterocycles. The Morgan fingerprint density at radius 1 is 1.00 bits per heavy atom. The molecule has 6 heteroatoms. The normalized spacial score (nSPS) is 9.45. The zero-order valence-electron chi connectivity index (χ0n) is 11.4. The molecule has 112 valence electrons. The van der Waals surface area contributed by atoms with Crippen molar-refractivity contribution in [3.63, 3.8) is 0 Å². The molecule has 4 N–H and O–H groups in total. The monoisotopic (exact) mass is 299 g/mol. The zero-order chi connectivity index (χ0) is 13.9. The number of carbonyl (C=O) groups excluding carboxylic acids is 2. The smallest absolute Gasteiger partial charge is 0.239 e. The van der Waals surface area contributed by atoms with Crippen LogP contribution in [-0.4, -0.2) is 31.4 Å². The molecular weight excluding hydrogens is 278 g/mol. The number of hydrogen-bond donors (Lipinski definition) is 3. The van der Waals surface area contributed by atoms with E-state index in [0.717, 1.165) is 18.4 Å². The van der Waals surface area contributed by atoms with E-state index >= 15 is 0 Å². The first kappa shape index (κ1) is 18.4. The predicted octanol–water partition coefficient (Wildman–Crippen LogP) is 0.622. The van der Waals surface area contributed by atoms with Crippen molar-refractivity contribution in [1.82, 2.24) is 10.6 Å². The van der Waals surface area contributed by atoms with E-state index in [1.807, 2.05) is 30.3 Å². The molecule has 2 amide bonds. The summed E-state index contributed by atoms with van der Waals surface area (Å²) in [6, 6.07) is 9.43. The van der Waals surface area contributed by atoms with E-state index in [2.05, 4.69) is 10.6 Å². The van der Waals surface area contributed by atoms with Crippen molar-refractivity contribution in [2.45, 2.75) is 19.3 Å². The summed E-state index contributed by atoms with van der Waals surface area (Å²) in [4.78, 5) is 23.0. The van der Waals surface area contributed by atoms with E-state index < -0.39 is 0 Å². The Labute approximate surface area is 125 Å². The molecule has 0 saturated heterocycles. The third kappa shape index (κ3) is 8.50. The van der Waals surface area contributed by atoms with Gasteiger partial charge in [0.15, 0.2) is 0 Å². The summed E-state index contributed by atoms with van der Waals surface area (Å²) in [6.45, 7) is 1.25. The summed E-state index contributed by atoms with van der Waals surface area (Å²) in [7, 11) is 0. The van der Waals surface area contributed by atoms with Gasteiger partial charge in [0.05, 0.1) is 13.0 Å². The van der Waals surface area contributed by atoms with E-state index in [4.69, 9.17) is 5.73 Å². The number of unbranched alkanes of at least 4 members (excludes halogenated alkanes) is 1. The van der Waals surface area contributed by atoms with E-state index in [9.17, 15) is 9.59 Å². The van der Waals surface area contributed by atoms with Crippen molar-refractivity contribution >= 4 is 24.2 Å². The average molecular weight is 300 g/mol. The molecule has 0 aromatic heterocycles. The van der Waals surface area contributed by atoms with Crippen LogP contribution in [0.4, 0.5) is 0 Å². The van der Waals surface area contributed by atoms with Crippen LogP contribution in [0.15, 0.2) is 30.3 Å². The van der Waals surface area contributed by atoms with Gasteiger partial charge in [-0.15, -0.1) is 12.4 Å². The summed E-state index contributed by atoms with van der Waals surface area (Å²) < 4.78 is 0. The summed E-state index contributed by atoms with van der Waals surface area (Å²) >= 11 is 0. The lowest BCUT2D eigenvalue weighted by molar-refractivity contribution is -0.125. The van der Waals surface area contributed by atoms with E-state index in [1.165, 1.54) is 0 Å². The summed E-state index contributed by atoms with van der Waals surface area (Å²) in [5.41, 5.74) is 6.28. The standard InChI is InChI=1S/C14H21N3O2.ClH/c15-8-4-5-9-16-14(19)11-17-13(18)10-12-6-2-1-3-7-12;/h1-3,6-7H,4-5,8-11,15H2,(H,16,19)(H,17,18);1H. The first-order chi connectivity index (χ1) is 9.22. The van der Waals surface area contributed by atoms with Crippen LogP contribution in [0.1, 0.15) is 18.4 Å². The minimum Gasteiger partial charge on any atom is -0.355 e. The van der Waals surface area contributed by atoms with Gasteiger partial charge in [0.2, 0.25) is 11.8 Å². The fourth-order valence-corrected chi connectivity index (χ4v) is 1.58. The Hall–Kier alpha value is -1.59.